The van der Waals surface area contributed by atoms with E-state index in [1.807, 2.05) is 0 Å². The van der Waals surface area contributed by atoms with Crippen molar-refractivity contribution in [1.29, 1.82) is 0 Å². The number of fused-ring (bicyclic) bond motifs is 2. The summed E-state index contributed by atoms with van der Waals surface area (Å²) < 4.78 is 35.0. The average molecular weight is 320 g/mol. The first kappa shape index (κ1) is 14.1. The lowest BCUT2D eigenvalue weighted by Gasteiger charge is -2.28. The van der Waals surface area contributed by atoms with Crippen LogP contribution in [0.4, 0.5) is 14.6 Å². The summed E-state index contributed by atoms with van der Waals surface area (Å²) >= 11 is 0. The van der Waals surface area contributed by atoms with Crippen LogP contribution in [0, 0.1) is 0 Å². The predicted octanol–water partition coefficient (Wildman–Crippen LogP) is 1.94. The van der Waals surface area contributed by atoms with Gasteiger partial charge in [0, 0.05) is 25.2 Å². The van der Waals surface area contributed by atoms with Crippen LogP contribution in [0.1, 0.15) is 16.8 Å². The number of hydrogen-bond donors (Lipinski definition) is 1. The Kier molecular flexibility index (Phi) is 3.08. The molecule has 0 atom stereocenters. The molecule has 6 nitrogen and oxygen atoms in total. The maximum atomic E-state index is 13.0. The second-order valence-electron chi connectivity index (χ2n) is 5.59. The van der Waals surface area contributed by atoms with E-state index in [1.54, 1.807) is 12.1 Å². The molecule has 3 heterocycles. The molecule has 0 amide bonds. The molecule has 1 aromatic carbocycles. The number of alkyl halides is 2. The van der Waals surface area contributed by atoms with Crippen LogP contribution in [-0.2, 0) is 19.5 Å². The third kappa shape index (κ3) is 2.65. The molecule has 0 fully saturated rings. The van der Waals surface area contributed by atoms with Crippen molar-refractivity contribution < 1.29 is 18.3 Å². The Balaban J connectivity index is 1.50. The van der Waals surface area contributed by atoms with Gasteiger partial charge < -0.3 is 15.2 Å². The standard InChI is InChI=1S/C15H14F2N4O2/c16-15(17)22-12-2-1-9(5-13(12)23-15)6-21-4-3-10-11(7-21)19-8-20-14(10)18/h1-2,5,8H,3-4,6-7H2,(H2,18,19,20). The lowest BCUT2D eigenvalue weighted by atomic mass is 10.0. The lowest BCUT2D eigenvalue weighted by Crippen LogP contribution is -2.31. The highest BCUT2D eigenvalue weighted by Gasteiger charge is 2.43. The maximum Gasteiger partial charge on any atom is 0.586 e. The Hall–Kier alpha value is -2.48. The zero-order chi connectivity index (χ0) is 16.0. The van der Waals surface area contributed by atoms with E-state index in [1.165, 1.54) is 12.4 Å². The number of nitrogen functional groups attached to an aromatic ring is 1. The van der Waals surface area contributed by atoms with Gasteiger partial charge in [-0.2, -0.15) is 0 Å². The molecule has 0 saturated carbocycles. The van der Waals surface area contributed by atoms with Gasteiger partial charge in [0.2, 0.25) is 0 Å². The maximum absolute atomic E-state index is 13.0. The van der Waals surface area contributed by atoms with Crippen molar-refractivity contribution in [1.82, 2.24) is 14.9 Å². The Morgan fingerprint density at radius 3 is 2.91 bits per heavy atom. The van der Waals surface area contributed by atoms with E-state index in [4.69, 9.17) is 5.73 Å². The number of halogens is 2. The molecule has 0 unspecified atom stereocenters. The van der Waals surface area contributed by atoms with E-state index in [-0.39, 0.29) is 11.5 Å². The zero-order valence-corrected chi connectivity index (χ0v) is 12.1. The molecule has 2 aliphatic rings. The summed E-state index contributed by atoms with van der Waals surface area (Å²) in [7, 11) is 0. The van der Waals surface area contributed by atoms with Gasteiger partial charge in [-0.25, -0.2) is 9.97 Å². The summed E-state index contributed by atoms with van der Waals surface area (Å²) in [4.78, 5) is 10.4. The van der Waals surface area contributed by atoms with Crippen LogP contribution in [0.25, 0.3) is 0 Å². The van der Waals surface area contributed by atoms with Crippen molar-refractivity contribution >= 4 is 5.82 Å². The highest BCUT2D eigenvalue weighted by Crippen LogP contribution is 2.41. The van der Waals surface area contributed by atoms with Gasteiger partial charge >= 0.3 is 6.29 Å². The fraction of sp³-hybridized carbons (Fsp3) is 0.333. The highest BCUT2D eigenvalue weighted by atomic mass is 19.3. The first-order chi connectivity index (χ1) is 11.0. The summed E-state index contributed by atoms with van der Waals surface area (Å²) in [5.41, 5.74) is 8.63. The number of rotatable bonds is 2. The summed E-state index contributed by atoms with van der Waals surface area (Å²) in [6.45, 7) is 2.05. The van der Waals surface area contributed by atoms with E-state index in [0.29, 0.717) is 18.9 Å². The van der Waals surface area contributed by atoms with Gasteiger partial charge in [0.1, 0.15) is 12.1 Å². The van der Waals surface area contributed by atoms with Gasteiger partial charge in [-0.3, -0.25) is 4.90 Å². The third-order valence-corrected chi connectivity index (χ3v) is 3.99. The van der Waals surface area contributed by atoms with Crippen molar-refractivity contribution in [3.63, 3.8) is 0 Å². The first-order valence-electron chi connectivity index (χ1n) is 7.19. The Labute approximate surface area is 130 Å². The monoisotopic (exact) mass is 320 g/mol. The molecule has 0 saturated heterocycles. The smallest absolute Gasteiger partial charge is 0.395 e. The normalized spacial score (nSPS) is 18.7. The van der Waals surface area contributed by atoms with E-state index >= 15 is 0 Å². The molecule has 2 aromatic rings. The summed E-state index contributed by atoms with van der Waals surface area (Å²) in [5.74, 6) is 0.652. The molecular weight excluding hydrogens is 306 g/mol. The van der Waals surface area contributed by atoms with Crippen LogP contribution in [0.15, 0.2) is 24.5 Å². The van der Waals surface area contributed by atoms with Crippen LogP contribution < -0.4 is 15.2 Å². The quantitative estimate of drug-likeness (QED) is 0.911. The number of anilines is 1. The number of ether oxygens (including phenoxy) is 2. The van der Waals surface area contributed by atoms with Crippen molar-refractivity contribution in [3.05, 3.63) is 41.3 Å². The average Bonchev–Trinajstić information content (AvgIpc) is 2.80. The molecule has 2 N–H and O–H groups in total. The van der Waals surface area contributed by atoms with Crippen LogP contribution in [0.5, 0.6) is 11.5 Å². The SMILES string of the molecule is Nc1ncnc2c1CCN(Cc1ccc3c(c1)OC(F)(F)O3)C2. The topological polar surface area (TPSA) is 73.5 Å². The molecule has 120 valence electrons. The van der Waals surface area contributed by atoms with Crippen molar-refractivity contribution in [2.45, 2.75) is 25.8 Å². The highest BCUT2D eigenvalue weighted by molar-refractivity contribution is 5.45. The largest absolute Gasteiger partial charge is 0.586 e. The molecule has 0 bridgehead atoms. The van der Waals surface area contributed by atoms with Gasteiger partial charge in [0.15, 0.2) is 11.5 Å². The number of nitrogens with zero attached hydrogens (tertiary/aromatic N) is 3. The van der Waals surface area contributed by atoms with Crippen LogP contribution in [0.3, 0.4) is 0 Å². The fourth-order valence-electron chi connectivity index (χ4n) is 2.92. The molecule has 0 aliphatic carbocycles. The van der Waals surface area contributed by atoms with Crippen molar-refractivity contribution in [3.8, 4) is 11.5 Å². The number of benzene rings is 1. The third-order valence-electron chi connectivity index (χ3n) is 3.99. The first-order valence-corrected chi connectivity index (χ1v) is 7.19. The minimum atomic E-state index is -3.58. The molecule has 0 radical (unpaired) electrons. The molecule has 1 aromatic heterocycles. The Morgan fingerprint density at radius 1 is 1.22 bits per heavy atom. The Bertz CT molecular complexity index is 769. The molecule has 4 rings (SSSR count). The molecule has 23 heavy (non-hydrogen) atoms. The lowest BCUT2D eigenvalue weighted by molar-refractivity contribution is -0.286. The van der Waals surface area contributed by atoms with Crippen LogP contribution in [-0.4, -0.2) is 27.7 Å². The van der Waals surface area contributed by atoms with Gasteiger partial charge in [0.05, 0.1) is 5.69 Å². The minimum Gasteiger partial charge on any atom is -0.395 e. The van der Waals surface area contributed by atoms with Gasteiger partial charge in [-0.05, 0) is 24.1 Å². The number of nitrogens with two attached hydrogens (primary N) is 1. The second-order valence-corrected chi connectivity index (χ2v) is 5.59. The minimum absolute atomic E-state index is 0.0586. The summed E-state index contributed by atoms with van der Waals surface area (Å²) in [5, 5.41) is 0. The van der Waals surface area contributed by atoms with Crippen LogP contribution >= 0.6 is 0 Å². The fourth-order valence-corrected chi connectivity index (χ4v) is 2.92. The molecular formula is C15H14F2N4O2. The molecule has 2 aliphatic heterocycles. The van der Waals surface area contributed by atoms with Gasteiger partial charge in [0.25, 0.3) is 0 Å². The van der Waals surface area contributed by atoms with E-state index in [2.05, 4.69) is 24.3 Å². The van der Waals surface area contributed by atoms with E-state index < -0.39 is 6.29 Å². The van der Waals surface area contributed by atoms with Gasteiger partial charge in [-0.15, -0.1) is 8.78 Å². The Morgan fingerprint density at radius 2 is 2.04 bits per heavy atom. The van der Waals surface area contributed by atoms with E-state index in [9.17, 15) is 8.78 Å². The van der Waals surface area contributed by atoms with Crippen molar-refractivity contribution in [2.24, 2.45) is 0 Å². The second kappa shape index (κ2) is 5.02. The predicted molar refractivity (Wildman–Crippen MR) is 76.9 cm³/mol. The van der Waals surface area contributed by atoms with Crippen LogP contribution in [0.2, 0.25) is 0 Å². The molecule has 0 spiro atoms. The summed E-state index contributed by atoms with van der Waals surface area (Å²) in [6.07, 6.45) is -1.36. The van der Waals surface area contributed by atoms with E-state index in [0.717, 1.165) is 29.8 Å². The van der Waals surface area contributed by atoms with Crippen molar-refractivity contribution in [2.75, 3.05) is 12.3 Å². The summed E-state index contributed by atoms with van der Waals surface area (Å²) in [6, 6.07) is 4.84. The number of hydrogen-bond acceptors (Lipinski definition) is 6. The number of aromatic nitrogens is 2. The molecule has 8 heteroatoms. The zero-order valence-electron chi connectivity index (χ0n) is 12.1. The van der Waals surface area contributed by atoms with Gasteiger partial charge in [-0.1, -0.05) is 6.07 Å².